The Hall–Kier alpha value is -2.55. The number of benzene rings is 1. The standard InChI is InChI=1S/C19H24N6O2/c1-11(12-5-3-2-4-6-12)21-8-13-7-14(26)17(27)16(13)25-10-24-15-18(20)22-9-23-19(15)25/h2-6,9-11,13-14,16-17,21,26-27H,7-8H2,1H3,(H2,20,22,23)/t11-,13-,14-,16-,17-/m0/s1. The first-order valence-electron chi connectivity index (χ1n) is 9.13. The van der Waals surface area contributed by atoms with Crippen molar-refractivity contribution in [3.05, 3.63) is 48.5 Å². The molecular weight excluding hydrogens is 344 g/mol. The van der Waals surface area contributed by atoms with Crippen LogP contribution in [0.25, 0.3) is 11.2 Å². The molecule has 1 fully saturated rings. The van der Waals surface area contributed by atoms with E-state index in [9.17, 15) is 10.2 Å². The molecule has 2 aromatic heterocycles. The van der Waals surface area contributed by atoms with E-state index in [1.165, 1.54) is 11.9 Å². The minimum absolute atomic E-state index is 0.0229. The van der Waals surface area contributed by atoms with Crippen LogP contribution in [0, 0.1) is 5.92 Å². The number of anilines is 1. The van der Waals surface area contributed by atoms with Crippen molar-refractivity contribution in [1.29, 1.82) is 0 Å². The van der Waals surface area contributed by atoms with E-state index in [-0.39, 0.29) is 18.0 Å². The predicted molar refractivity (Wildman–Crippen MR) is 102 cm³/mol. The van der Waals surface area contributed by atoms with E-state index in [1.807, 2.05) is 22.8 Å². The highest BCUT2D eigenvalue weighted by molar-refractivity contribution is 5.81. The van der Waals surface area contributed by atoms with Crippen molar-refractivity contribution in [2.45, 2.75) is 37.6 Å². The number of nitrogens with zero attached hydrogens (tertiary/aromatic N) is 4. The molecule has 1 saturated carbocycles. The summed E-state index contributed by atoms with van der Waals surface area (Å²) in [5, 5.41) is 24.4. The Bertz CT molecular complexity index is 915. The van der Waals surface area contributed by atoms with Gasteiger partial charge in [-0.15, -0.1) is 0 Å². The Morgan fingerprint density at radius 1 is 1.22 bits per heavy atom. The highest BCUT2D eigenvalue weighted by Crippen LogP contribution is 2.38. The number of nitrogens with two attached hydrogens (primary N) is 1. The van der Waals surface area contributed by atoms with Crippen LogP contribution in [0.1, 0.15) is 31.0 Å². The van der Waals surface area contributed by atoms with Crippen LogP contribution in [0.15, 0.2) is 43.0 Å². The van der Waals surface area contributed by atoms with E-state index in [4.69, 9.17) is 5.73 Å². The predicted octanol–water partition coefficient (Wildman–Crippen LogP) is 1.04. The van der Waals surface area contributed by atoms with E-state index in [0.717, 1.165) is 0 Å². The van der Waals surface area contributed by atoms with Gasteiger partial charge in [0.1, 0.15) is 17.9 Å². The number of hydrogen-bond acceptors (Lipinski definition) is 7. The Balaban J connectivity index is 1.57. The summed E-state index contributed by atoms with van der Waals surface area (Å²) in [7, 11) is 0. The Morgan fingerprint density at radius 2 is 2.00 bits per heavy atom. The molecule has 0 spiro atoms. The fraction of sp³-hybridized carbons (Fsp3) is 0.421. The minimum atomic E-state index is -0.891. The normalized spacial score (nSPS) is 26.5. The van der Waals surface area contributed by atoms with Crippen LogP contribution in [0.5, 0.6) is 0 Å². The summed E-state index contributed by atoms with van der Waals surface area (Å²) in [4.78, 5) is 12.5. The molecule has 0 aliphatic heterocycles. The molecular formula is C19H24N6O2. The van der Waals surface area contributed by atoms with Crippen molar-refractivity contribution in [2.75, 3.05) is 12.3 Å². The van der Waals surface area contributed by atoms with Gasteiger partial charge in [0.15, 0.2) is 11.5 Å². The maximum absolute atomic E-state index is 10.6. The van der Waals surface area contributed by atoms with E-state index >= 15 is 0 Å². The maximum atomic E-state index is 10.6. The molecule has 0 radical (unpaired) electrons. The molecule has 0 amide bonds. The molecule has 5 N–H and O–H groups in total. The first-order chi connectivity index (χ1) is 13.1. The van der Waals surface area contributed by atoms with Crippen LogP contribution < -0.4 is 11.1 Å². The number of nitrogens with one attached hydrogen (secondary N) is 1. The van der Waals surface area contributed by atoms with Gasteiger partial charge in [-0.1, -0.05) is 30.3 Å². The second kappa shape index (κ2) is 7.22. The molecule has 0 unspecified atom stereocenters. The number of fused-ring (bicyclic) bond motifs is 1. The van der Waals surface area contributed by atoms with E-state index in [2.05, 4.69) is 39.3 Å². The number of hydrogen-bond donors (Lipinski definition) is 4. The van der Waals surface area contributed by atoms with Crippen molar-refractivity contribution < 1.29 is 10.2 Å². The van der Waals surface area contributed by atoms with Gasteiger partial charge >= 0.3 is 0 Å². The van der Waals surface area contributed by atoms with Gasteiger partial charge < -0.3 is 25.8 Å². The van der Waals surface area contributed by atoms with Crippen molar-refractivity contribution in [3.8, 4) is 0 Å². The SMILES string of the molecule is C[C@H](NC[C@@H]1C[C@H](O)[C@H](O)[C@H]1n1cnc2c(N)ncnc21)c1ccccc1. The highest BCUT2D eigenvalue weighted by Gasteiger charge is 2.43. The number of rotatable bonds is 5. The van der Waals surface area contributed by atoms with Gasteiger partial charge in [-0.25, -0.2) is 15.0 Å². The van der Waals surface area contributed by atoms with E-state index in [0.29, 0.717) is 29.9 Å². The first-order valence-corrected chi connectivity index (χ1v) is 9.13. The smallest absolute Gasteiger partial charge is 0.165 e. The van der Waals surface area contributed by atoms with Crippen LogP contribution >= 0.6 is 0 Å². The van der Waals surface area contributed by atoms with Gasteiger partial charge in [0, 0.05) is 12.6 Å². The third kappa shape index (κ3) is 3.27. The second-order valence-corrected chi connectivity index (χ2v) is 7.17. The van der Waals surface area contributed by atoms with Crippen molar-refractivity contribution in [1.82, 2.24) is 24.8 Å². The fourth-order valence-electron chi connectivity index (χ4n) is 3.97. The lowest BCUT2D eigenvalue weighted by Gasteiger charge is -2.25. The zero-order valence-corrected chi connectivity index (χ0v) is 15.1. The number of aromatic nitrogens is 4. The third-order valence-electron chi connectivity index (χ3n) is 5.47. The Kier molecular flexibility index (Phi) is 4.77. The monoisotopic (exact) mass is 368 g/mol. The number of nitrogen functional groups attached to an aromatic ring is 1. The molecule has 0 bridgehead atoms. The summed E-state index contributed by atoms with van der Waals surface area (Å²) >= 11 is 0. The molecule has 0 saturated heterocycles. The largest absolute Gasteiger partial charge is 0.390 e. The van der Waals surface area contributed by atoms with Crippen LogP contribution in [-0.2, 0) is 0 Å². The molecule has 5 atom stereocenters. The molecule has 1 aromatic carbocycles. The van der Waals surface area contributed by atoms with Crippen LogP contribution in [0.3, 0.4) is 0 Å². The summed E-state index contributed by atoms with van der Waals surface area (Å²) in [5.41, 5.74) is 8.15. The summed E-state index contributed by atoms with van der Waals surface area (Å²) in [6.45, 7) is 2.75. The Morgan fingerprint density at radius 3 is 2.78 bits per heavy atom. The van der Waals surface area contributed by atoms with Gasteiger partial charge in [-0.05, 0) is 24.8 Å². The maximum Gasteiger partial charge on any atom is 0.165 e. The number of imidazole rings is 1. The molecule has 8 heteroatoms. The summed E-state index contributed by atoms with van der Waals surface area (Å²) in [5.74, 6) is 0.328. The zero-order chi connectivity index (χ0) is 19.0. The second-order valence-electron chi connectivity index (χ2n) is 7.17. The average molecular weight is 368 g/mol. The third-order valence-corrected chi connectivity index (χ3v) is 5.47. The molecule has 27 heavy (non-hydrogen) atoms. The van der Waals surface area contributed by atoms with Gasteiger partial charge in [0.25, 0.3) is 0 Å². The number of aliphatic hydroxyl groups is 2. The van der Waals surface area contributed by atoms with E-state index < -0.39 is 12.2 Å². The molecule has 3 aromatic rings. The van der Waals surface area contributed by atoms with Gasteiger partial charge in [0.05, 0.1) is 18.5 Å². The molecule has 1 aliphatic carbocycles. The lowest BCUT2D eigenvalue weighted by atomic mass is 10.0. The summed E-state index contributed by atoms with van der Waals surface area (Å²) in [6.07, 6.45) is 1.83. The summed E-state index contributed by atoms with van der Waals surface area (Å²) in [6, 6.07) is 10.0. The van der Waals surface area contributed by atoms with Gasteiger partial charge in [0.2, 0.25) is 0 Å². The van der Waals surface area contributed by atoms with E-state index in [1.54, 1.807) is 6.33 Å². The molecule has 4 rings (SSSR count). The van der Waals surface area contributed by atoms with Crippen LogP contribution in [0.2, 0.25) is 0 Å². The highest BCUT2D eigenvalue weighted by atomic mass is 16.3. The Labute approximate surface area is 157 Å². The topological polar surface area (TPSA) is 122 Å². The first kappa shape index (κ1) is 17.8. The molecule has 8 nitrogen and oxygen atoms in total. The summed E-state index contributed by atoms with van der Waals surface area (Å²) < 4.78 is 1.81. The van der Waals surface area contributed by atoms with Crippen molar-refractivity contribution in [2.24, 2.45) is 5.92 Å². The van der Waals surface area contributed by atoms with Gasteiger partial charge in [-0.3, -0.25) is 0 Å². The zero-order valence-electron chi connectivity index (χ0n) is 15.1. The van der Waals surface area contributed by atoms with Crippen LogP contribution in [0.4, 0.5) is 5.82 Å². The number of aliphatic hydroxyl groups excluding tert-OH is 2. The molecule has 1 aliphatic rings. The van der Waals surface area contributed by atoms with Gasteiger partial charge in [-0.2, -0.15) is 0 Å². The fourth-order valence-corrected chi connectivity index (χ4v) is 3.97. The van der Waals surface area contributed by atoms with Crippen molar-refractivity contribution >= 4 is 17.0 Å². The lowest BCUT2D eigenvalue weighted by molar-refractivity contribution is 0.0230. The minimum Gasteiger partial charge on any atom is -0.390 e. The van der Waals surface area contributed by atoms with Crippen LogP contribution in [-0.4, -0.2) is 48.5 Å². The molecule has 2 heterocycles. The lowest BCUT2D eigenvalue weighted by Crippen LogP contribution is -2.33. The molecule has 142 valence electrons. The quantitative estimate of drug-likeness (QED) is 0.531. The van der Waals surface area contributed by atoms with Crippen molar-refractivity contribution in [3.63, 3.8) is 0 Å². The average Bonchev–Trinajstić information content (AvgIpc) is 3.22.